The highest BCUT2D eigenvalue weighted by atomic mass is 32.1. The van der Waals surface area contributed by atoms with Gasteiger partial charge in [0.1, 0.15) is 0 Å². The SMILES string of the molecule is CCCN1CCC(N)C1c1csc(C(C)(C)C)n1. The zero-order valence-corrected chi connectivity index (χ0v) is 12.8. The first-order valence-electron chi connectivity index (χ1n) is 6.89. The molecule has 1 aliphatic rings. The van der Waals surface area contributed by atoms with Gasteiger partial charge in [-0.2, -0.15) is 0 Å². The van der Waals surface area contributed by atoms with E-state index in [1.54, 1.807) is 11.3 Å². The van der Waals surface area contributed by atoms with Gasteiger partial charge in [0.25, 0.3) is 0 Å². The normalized spacial score (nSPS) is 25.8. The summed E-state index contributed by atoms with van der Waals surface area (Å²) in [5.41, 5.74) is 7.60. The lowest BCUT2D eigenvalue weighted by Gasteiger charge is -2.25. The monoisotopic (exact) mass is 267 g/mol. The Morgan fingerprint density at radius 2 is 2.22 bits per heavy atom. The van der Waals surface area contributed by atoms with Crippen LogP contribution in [-0.4, -0.2) is 29.0 Å². The Kier molecular flexibility index (Phi) is 4.09. The molecule has 0 amide bonds. The third-order valence-electron chi connectivity index (χ3n) is 3.53. The molecule has 0 bridgehead atoms. The number of thiazole rings is 1. The molecule has 0 aromatic carbocycles. The van der Waals surface area contributed by atoms with Crippen molar-refractivity contribution in [1.82, 2.24) is 9.88 Å². The number of rotatable bonds is 3. The number of nitrogens with zero attached hydrogens (tertiary/aromatic N) is 2. The predicted octanol–water partition coefficient (Wildman–Crippen LogP) is 2.92. The molecule has 0 aliphatic carbocycles. The van der Waals surface area contributed by atoms with Gasteiger partial charge in [0.15, 0.2) is 0 Å². The zero-order chi connectivity index (χ0) is 13.3. The Balaban J connectivity index is 2.21. The lowest BCUT2D eigenvalue weighted by molar-refractivity contribution is 0.244. The zero-order valence-electron chi connectivity index (χ0n) is 11.9. The second-order valence-corrected chi connectivity index (χ2v) is 7.12. The van der Waals surface area contributed by atoms with Crippen molar-refractivity contribution in [3.8, 4) is 0 Å². The number of aromatic nitrogens is 1. The Hall–Kier alpha value is -0.450. The van der Waals surface area contributed by atoms with Crippen LogP contribution in [0.25, 0.3) is 0 Å². The molecule has 18 heavy (non-hydrogen) atoms. The molecule has 0 radical (unpaired) electrons. The van der Waals surface area contributed by atoms with Crippen molar-refractivity contribution in [2.75, 3.05) is 13.1 Å². The van der Waals surface area contributed by atoms with E-state index in [1.165, 1.54) is 17.1 Å². The molecule has 102 valence electrons. The molecule has 2 heterocycles. The van der Waals surface area contributed by atoms with Crippen LogP contribution in [0.15, 0.2) is 5.38 Å². The second kappa shape index (κ2) is 5.27. The van der Waals surface area contributed by atoms with Crippen LogP contribution in [0.4, 0.5) is 0 Å². The summed E-state index contributed by atoms with van der Waals surface area (Å²) in [7, 11) is 0. The molecule has 0 saturated carbocycles. The maximum atomic E-state index is 6.27. The lowest BCUT2D eigenvalue weighted by atomic mass is 9.98. The van der Waals surface area contributed by atoms with Gasteiger partial charge in [0, 0.05) is 23.4 Å². The highest BCUT2D eigenvalue weighted by Crippen LogP contribution is 2.34. The van der Waals surface area contributed by atoms with E-state index in [9.17, 15) is 0 Å². The summed E-state index contributed by atoms with van der Waals surface area (Å²) in [5, 5.41) is 3.42. The van der Waals surface area contributed by atoms with E-state index in [2.05, 4.69) is 38.0 Å². The number of hydrogen-bond donors (Lipinski definition) is 1. The van der Waals surface area contributed by atoms with Crippen LogP contribution in [0.2, 0.25) is 0 Å². The Morgan fingerprint density at radius 3 is 2.78 bits per heavy atom. The number of nitrogens with two attached hydrogens (primary N) is 1. The highest BCUT2D eigenvalue weighted by Gasteiger charge is 2.34. The standard InChI is InChI=1S/C14H25N3S/c1-5-7-17-8-6-10(15)12(17)11-9-18-13(16-11)14(2,3)4/h9-10,12H,5-8,15H2,1-4H3. The van der Waals surface area contributed by atoms with E-state index in [0.29, 0.717) is 6.04 Å². The van der Waals surface area contributed by atoms with Gasteiger partial charge in [-0.3, -0.25) is 4.90 Å². The first kappa shape index (κ1) is 14.0. The van der Waals surface area contributed by atoms with Gasteiger partial charge in [-0.1, -0.05) is 27.7 Å². The smallest absolute Gasteiger partial charge is 0.0982 e. The molecule has 3 nitrogen and oxygen atoms in total. The Bertz CT molecular complexity index is 392. The molecular formula is C14H25N3S. The molecule has 0 spiro atoms. The van der Waals surface area contributed by atoms with Crippen molar-refractivity contribution < 1.29 is 0 Å². The summed E-state index contributed by atoms with van der Waals surface area (Å²) in [6, 6.07) is 0.573. The van der Waals surface area contributed by atoms with Gasteiger partial charge in [0.2, 0.25) is 0 Å². The molecule has 2 rings (SSSR count). The van der Waals surface area contributed by atoms with Crippen LogP contribution in [0.3, 0.4) is 0 Å². The summed E-state index contributed by atoms with van der Waals surface area (Å²) >= 11 is 1.77. The van der Waals surface area contributed by atoms with E-state index in [1.807, 2.05) is 0 Å². The number of hydrogen-bond acceptors (Lipinski definition) is 4. The van der Waals surface area contributed by atoms with E-state index in [-0.39, 0.29) is 11.5 Å². The molecule has 2 N–H and O–H groups in total. The van der Waals surface area contributed by atoms with Crippen LogP contribution in [0, 0.1) is 0 Å². The molecule has 1 fully saturated rings. The van der Waals surface area contributed by atoms with Gasteiger partial charge < -0.3 is 5.73 Å². The summed E-state index contributed by atoms with van der Waals surface area (Å²) in [5.74, 6) is 0. The van der Waals surface area contributed by atoms with Gasteiger partial charge in [-0.15, -0.1) is 11.3 Å². The topological polar surface area (TPSA) is 42.1 Å². The molecule has 1 aromatic heterocycles. The molecular weight excluding hydrogens is 242 g/mol. The minimum absolute atomic E-state index is 0.140. The molecule has 1 aliphatic heterocycles. The minimum Gasteiger partial charge on any atom is -0.326 e. The van der Waals surface area contributed by atoms with Crippen molar-refractivity contribution in [1.29, 1.82) is 0 Å². The molecule has 2 unspecified atom stereocenters. The first-order valence-corrected chi connectivity index (χ1v) is 7.77. The van der Waals surface area contributed by atoms with E-state index < -0.39 is 0 Å². The van der Waals surface area contributed by atoms with Gasteiger partial charge in [-0.05, 0) is 19.4 Å². The van der Waals surface area contributed by atoms with E-state index in [0.717, 1.165) is 19.5 Å². The van der Waals surface area contributed by atoms with E-state index in [4.69, 9.17) is 10.7 Å². The van der Waals surface area contributed by atoms with Crippen LogP contribution in [-0.2, 0) is 5.41 Å². The highest BCUT2D eigenvalue weighted by molar-refractivity contribution is 7.09. The third kappa shape index (κ3) is 2.76. The Morgan fingerprint density at radius 1 is 1.50 bits per heavy atom. The van der Waals surface area contributed by atoms with Gasteiger partial charge in [-0.25, -0.2) is 4.98 Å². The largest absolute Gasteiger partial charge is 0.326 e. The summed E-state index contributed by atoms with van der Waals surface area (Å²) in [4.78, 5) is 7.34. The fourth-order valence-corrected chi connectivity index (χ4v) is 3.53. The molecule has 2 atom stereocenters. The van der Waals surface area contributed by atoms with Gasteiger partial charge in [0.05, 0.1) is 16.7 Å². The van der Waals surface area contributed by atoms with Gasteiger partial charge >= 0.3 is 0 Å². The van der Waals surface area contributed by atoms with Crippen LogP contribution >= 0.6 is 11.3 Å². The maximum Gasteiger partial charge on any atom is 0.0982 e. The van der Waals surface area contributed by atoms with Crippen LogP contribution in [0.5, 0.6) is 0 Å². The summed E-state index contributed by atoms with van der Waals surface area (Å²) < 4.78 is 0. The molecule has 1 aromatic rings. The minimum atomic E-state index is 0.140. The van der Waals surface area contributed by atoms with Crippen LogP contribution in [0.1, 0.15) is 57.3 Å². The maximum absolute atomic E-state index is 6.27. The van der Waals surface area contributed by atoms with Crippen molar-refractivity contribution in [3.05, 3.63) is 16.1 Å². The summed E-state index contributed by atoms with van der Waals surface area (Å²) in [6.45, 7) is 11.1. The Labute approximate surface area is 114 Å². The quantitative estimate of drug-likeness (QED) is 0.915. The van der Waals surface area contributed by atoms with Crippen molar-refractivity contribution in [2.45, 2.75) is 58.0 Å². The van der Waals surface area contributed by atoms with Crippen molar-refractivity contribution in [2.24, 2.45) is 5.73 Å². The second-order valence-electron chi connectivity index (χ2n) is 6.26. The lowest BCUT2D eigenvalue weighted by Crippen LogP contribution is -2.32. The van der Waals surface area contributed by atoms with E-state index >= 15 is 0 Å². The molecule has 1 saturated heterocycles. The molecule has 4 heteroatoms. The first-order chi connectivity index (χ1) is 8.43. The fourth-order valence-electron chi connectivity index (χ4n) is 2.59. The van der Waals surface area contributed by atoms with Crippen LogP contribution < -0.4 is 5.73 Å². The number of likely N-dealkylation sites (tertiary alicyclic amines) is 1. The fraction of sp³-hybridized carbons (Fsp3) is 0.786. The third-order valence-corrected chi connectivity index (χ3v) is 4.81. The predicted molar refractivity (Wildman–Crippen MR) is 78.0 cm³/mol. The van der Waals surface area contributed by atoms with Crippen molar-refractivity contribution >= 4 is 11.3 Å². The van der Waals surface area contributed by atoms with Crippen molar-refractivity contribution in [3.63, 3.8) is 0 Å². The average Bonchev–Trinajstić information content (AvgIpc) is 2.85. The summed E-state index contributed by atoms with van der Waals surface area (Å²) in [6.07, 6.45) is 2.27. The average molecular weight is 267 g/mol.